The minimum absolute atomic E-state index is 0.155. The molecule has 0 aromatic heterocycles. The molecule has 2 aromatic carbocycles. The summed E-state index contributed by atoms with van der Waals surface area (Å²) in [5, 5.41) is 7.08. The molecule has 1 fully saturated rings. The molecule has 0 bridgehead atoms. The number of benzene rings is 2. The van der Waals surface area contributed by atoms with Crippen molar-refractivity contribution < 1.29 is 9.53 Å². The molecule has 0 spiro atoms. The van der Waals surface area contributed by atoms with Gasteiger partial charge in [-0.05, 0) is 48.6 Å². The number of rotatable bonds is 3. The van der Waals surface area contributed by atoms with Gasteiger partial charge in [0.15, 0.2) is 5.11 Å². The van der Waals surface area contributed by atoms with Gasteiger partial charge in [-0.2, -0.15) is 0 Å². The van der Waals surface area contributed by atoms with Gasteiger partial charge < -0.3 is 15.0 Å². The van der Waals surface area contributed by atoms with Crippen molar-refractivity contribution >= 4 is 69.4 Å². The Morgan fingerprint density at radius 3 is 2.48 bits per heavy atom. The molecular weight excluding hydrogens is 429 g/mol. The Hall–Kier alpha value is -1.57. The van der Waals surface area contributed by atoms with Crippen molar-refractivity contribution in [1.29, 1.82) is 0 Å². The van der Waals surface area contributed by atoms with E-state index in [-0.39, 0.29) is 11.0 Å². The van der Waals surface area contributed by atoms with E-state index in [1.54, 1.807) is 18.2 Å². The highest BCUT2D eigenvalue weighted by atomic mass is 35.5. The molecule has 0 unspecified atom stereocenters. The SMILES string of the molecule is O=C(NC(=S)Nc1cc(Cl)ccc1N1CCOCC1)c1ccc(Cl)c(Cl)c1. The summed E-state index contributed by atoms with van der Waals surface area (Å²) in [4.78, 5) is 14.5. The van der Waals surface area contributed by atoms with Gasteiger partial charge in [-0.15, -0.1) is 0 Å². The summed E-state index contributed by atoms with van der Waals surface area (Å²) in [6.45, 7) is 2.83. The Kier molecular flexibility index (Phi) is 6.78. The molecule has 1 aliphatic heterocycles. The number of carbonyl (C=O) groups is 1. The Morgan fingerprint density at radius 1 is 1.04 bits per heavy atom. The molecule has 9 heteroatoms. The quantitative estimate of drug-likeness (QED) is 0.677. The lowest BCUT2D eigenvalue weighted by atomic mass is 10.2. The second-order valence-corrected chi connectivity index (χ2v) is 7.46. The largest absolute Gasteiger partial charge is 0.378 e. The highest BCUT2D eigenvalue weighted by Gasteiger charge is 2.17. The molecule has 1 saturated heterocycles. The second-order valence-electron chi connectivity index (χ2n) is 5.80. The second kappa shape index (κ2) is 9.08. The van der Waals surface area contributed by atoms with E-state index >= 15 is 0 Å². The number of ether oxygens (including phenoxy) is 1. The molecule has 2 aromatic rings. The predicted molar refractivity (Wildman–Crippen MR) is 115 cm³/mol. The molecule has 1 heterocycles. The van der Waals surface area contributed by atoms with Crippen molar-refractivity contribution in [3.63, 3.8) is 0 Å². The number of hydrogen-bond acceptors (Lipinski definition) is 4. The summed E-state index contributed by atoms with van der Waals surface area (Å²) in [5.41, 5.74) is 2.01. The van der Waals surface area contributed by atoms with E-state index in [0.717, 1.165) is 18.8 Å². The standard InChI is InChI=1S/C18H16Cl3N3O2S/c19-12-2-4-16(24-5-7-26-8-6-24)15(10-12)22-18(27)23-17(25)11-1-3-13(20)14(21)9-11/h1-4,9-10H,5-8H2,(H2,22,23,25,27). The van der Waals surface area contributed by atoms with Crippen molar-refractivity contribution in [2.24, 2.45) is 0 Å². The number of anilines is 2. The molecule has 0 aliphatic carbocycles. The van der Waals surface area contributed by atoms with E-state index in [4.69, 9.17) is 51.8 Å². The topological polar surface area (TPSA) is 53.6 Å². The summed E-state index contributed by atoms with van der Waals surface area (Å²) in [7, 11) is 0. The van der Waals surface area contributed by atoms with Crippen LogP contribution in [0.3, 0.4) is 0 Å². The summed E-state index contributed by atoms with van der Waals surface area (Å²) in [6, 6.07) is 10.1. The minimum Gasteiger partial charge on any atom is -0.378 e. The van der Waals surface area contributed by atoms with Crippen molar-refractivity contribution in [2.75, 3.05) is 36.5 Å². The van der Waals surface area contributed by atoms with Gasteiger partial charge in [0.1, 0.15) is 0 Å². The molecule has 1 aliphatic rings. The van der Waals surface area contributed by atoms with Crippen LogP contribution >= 0.6 is 47.0 Å². The van der Waals surface area contributed by atoms with Crippen LogP contribution in [-0.2, 0) is 4.74 Å². The van der Waals surface area contributed by atoms with Crippen LogP contribution < -0.4 is 15.5 Å². The summed E-state index contributed by atoms with van der Waals surface area (Å²) >= 11 is 23.3. The van der Waals surface area contributed by atoms with E-state index in [0.29, 0.717) is 39.5 Å². The summed E-state index contributed by atoms with van der Waals surface area (Å²) in [6.07, 6.45) is 0. The number of morpholine rings is 1. The number of amides is 1. The van der Waals surface area contributed by atoms with Crippen LogP contribution in [0.1, 0.15) is 10.4 Å². The highest BCUT2D eigenvalue weighted by Crippen LogP contribution is 2.30. The smallest absolute Gasteiger partial charge is 0.257 e. The van der Waals surface area contributed by atoms with Gasteiger partial charge in [0.2, 0.25) is 0 Å². The van der Waals surface area contributed by atoms with E-state index in [1.165, 1.54) is 6.07 Å². The van der Waals surface area contributed by atoms with Crippen molar-refractivity contribution in [2.45, 2.75) is 0 Å². The van der Waals surface area contributed by atoms with Crippen LogP contribution in [0.4, 0.5) is 11.4 Å². The molecular formula is C18H16Cl3N3O2S. The number of nitrogens with one attached hydrogen (secondary N) is 2. The van der Waals surface area contributed by atoms with Gasteiger partial charge in [0.05, 0.1) is 34.6 Å². The Morgan fingerprint density at radius 2 is 1.78 bits per heavy atom. The van der Waals surface area contributed by atoms with E-state index in [9.17, 15) is 4.79 Å². The Bertz CT molecular complexity index is 873. The number of nitrogens with zero attached hydrogens (tertiary/aromatic N) is 1. The van der Waals surface area contributed by atoms with Crippen LogP contribution in [0, 0.1) is 0 Å². The van der Waals surface area contributed by atoms with Crippen LogP contribution in [0.25, 0.3) is 0 Å². The van der Waals surface area contributed by atoms with Crippen molar-refractivity contribution in [3.8, 4) is 0 Å². The molecule has 142 valence electrons. The summed E-state index contributed by atoms with van der Waals surface area (Å²) in [5.74, 6) is -0.388. The zero-order valence-corrected chi connectivity index (χ0v) is 17.2. The third-order valence-electron chi connectivity index (χ3n) is 3.97. The van der Waals surface area contributed by atoms with Gasteiger partial charge >= 0.3 is 0 Å². The fraction of sp³-hybridized carbons (Fsp3) is 0.222. The van der Waals surface area contributed by atoms with Gasteiger partial charge in [-0.25, -0.2) is 0 Å². The van der Waals surface area contributed by atoms with E-state index in [2.05, 4.69) is 15.5 Å². The normalized spacial score (nSPS) is 14.0. The fourth-order valence-corrected chi connectivity index (χ4v) is 3.33. The van der Waals surface area contributed by atoms with Crippen LogP contribution in [-0.4, -0.2) is 37.3 Å². The van der Waals surface area contributed by atoms with Gasteiger partial charge in [-0.3, -0.25) is 10.1 Å². The fourth-order valence-electron chi connectivity index (χ4n) is 2.65. The first-order chi connectivity index (χ1) is 12.9. The molecule has 0 radical (unpaired) electrons. The maximum Gasteiger partial charge on any atom is 0.257 e. The van der Waals surface area contributed by atoms with E-state index in [1.807, 2.05) is 12.1 Å². The lowest BCUT2D eigenvalue weighted by Crippen LogP contribution is -2.38. The lowest BCUT2D eigenvalue weighted by Gasteiger charge is -2.30. The first-order valence-corrected chi connectivity index (χ1v) is 9.68. The molecule has 5 nitrogen and oxygen atoms in total. The maximum atomic E-state index is 12.4. The molecule has 27 heavy (non-hydrogen) atoms. The number of thiocarbonyl (C=S) groups is 1. The number of carbonyl (C=O) groups excluding carboxylic acids is 1. The average Bonchev–Trinajstić information content (AvgIpc) is 2.64. The Balaban J connectivity index is 1.72. The van der Waals surface area contributed by atoms with Crippen molar-refractivity contribution in [3.05, 3.63) is 57.0 Å². The monoisotopic (exact) mass is 443 g/mol. The van der Waals surface area contributed by atoms with Crippen LogP contribution in [0.5, 0.6) is 0 Å². The van der Waals surface area contributed by atoms with Gasteiger partial charge in [0, 0.05) is 23.7 Å². The first kappa shape index (κ1) is 20.2. The molecule has 1 amide bonds. The molecule has 2 N–H and O–H groups in total. The van der Waals surface area contributed by atoms with Gasteiger partial charge in [-0.1, -0.05) is 34.8 Å². The first-order valence-electron chi connectivity index (χ1n) is 8.13. The van der Waals surface area contributed by atoms with E-state index < -0.39 is 0 Å². The maximum absolute atomic E-state index is 12.4. The van der Waals surface area contributed by atoms with Crippen molar-refractivity contribution in [1.82, 2.24) is 5.32 Å². The lowest BCUT2D eigenvalue weighted by molar-refractivity contribution is 0.0977. The zero-order chi connectivity index (χ0) is 19.4. The number of hydrogen-bond donors (Lipinski definition) is 2. The number of halogens is 3. The highest BCUT2D eigenvalue weighted by molar-refractivity contribution is 7.80. The molecule has 3 rings (SSSR count). The Labute approximate surface area is 177 Å². The predicted octanol–water partition coefficient (Wildman–Crippen LogP) is 4.61. The van der Waals surface area contributed by atoms with Crippen LogP contribution in [0.15, 0.2) is 36.4 Å². The average molecular weight is 445 g/mol. The van der Waals surface area contributed by atoms with Gasteiger partial charge in [0.25, 0.3) is 5.91 Å². The third kappa shape index (κ3) is 5.24. The minimum atomic E-state index is -0.388. The third-order valence-corrected chi connectivity index (χ3v) is 5.15. The molecule has 0 saturated carbocycles. The molecule has 0 atom stereocenters. The zero-order valence-electron chi connectivity index (χ0n) is 14.1. The summed E-state index contributed by atoms with van der Waals surface area (Å²) < 4.78 is 5.39. The van der Waals surface area contributed by atoms with Crippen LogP contribution in [0.2, 0.25) is 15.1 Å².